The topological polar surface area (TPSA) is 86.9 Å². The summed E-state index contributed by atoms with van der Waals surface area (Å²) in [7, 11) is 0. The second kappa shape index (κ2) is 6.17. The highest BCUT2D eigenvalue weighted by molar-refractivity contribution is 6.01. The summed E-state index contributed by atoms with van der Waals surface area (Å²) in [6.07, 6.45) is 7.41. The van der Waals surface area contributed by atoms with Crippen LogP contribution in [0.5, 0.6) is 0 Å². The maximum atomic E-state index is 12.9. The minimum atomic E-state index is -0.772. The largest absolute Gasteiger partial charge is 0.351 e. The van der Waals surface area contributed by atoms with E-state index in [9.17, 15) is 9.59 Å². The van der Waals surface area contributed by atoms with E-state index < -0.39 is 5.54 Å². The van der Waals surface area contributed by atoms with Crippen molar-refractivity contribution in [2.45, 2.75) is 57.0 Å². The Bertz CT molecular complexity index is 803. The molecule has 2 saturated carbocycles. The standard InChI is InChI=1S/C19H24N4O2/c1-12(13-4-5-13)21-18(25)19(8-2-3-9-19)22-17(24)14-6-7-16-15(10-14)11-20-23-16/h6-7,10-13H,2-5,8-9H2,1H3,(H,20,23)(H,21,25)(H,22,24). The molecule has 1 atom stereocenters. The van der Waals surface area contributed by atoms with Crippen LogP contribution in [0.2, 0.25) is 0 Å². The number of hydrogen-bond donors (Lipinski definition) is 3. The Morgan fingerprint density at radius 1 is 1.28 bits per heavy atom. The number of H-pyrrole nitrogens is 1. The van der Waals surface area contributed by atoms with Crippen molar-refractivity contribution in [1.82, 2.24) is 20.8 Å². The Hall–Kier alpha value is -2.37. The number of hydrogen-bond acceptors (Lipinski definition) is 3. The Kier molecular flexibility index (Phi) is 3.98. The zero-order chi connectivity index (χ0) is 17.4. The van der Waals surface area contributed by atoms with E-state index >= 15 is 0 Å². The van der Waals surface area contributed by atoms with Crippen molar-refractivity contribution in [2.75, 3.05) is 0 Å². The van der Waals surface area contributed by atoms with Crippen LogP contribution in [0.25, 0.3) is 10.9 Å². The quantitative estimate of drug-likeness (QED) is 0.781. The molecule has 2 aromatic rings. The summed E-state index contributed by atoms with van der Waals surface area (Å²) in [5.41, 5.74) is 0.678. The summed E-state index contributed by atoms with van der Waals surface area (Å²) in [6, 6.07) is 5.60. The van der Waals surface area contributed by atoms with Gasteiger partial charge in [-0.3, -0.25) is 14.7 Å². The third kappa shape index (κ3) is 3.13. The fourth-order valence-electron chi connectivity index (χ4n) is 3.82. The van der Waals surface area contributed by atoms with Gasteiger partial charge in [0, 0.05) is 17.0 Å². The lowest BCUT2D eigenvalue weighted by molar-refractivity contribution is -0.128. The Labute approximate surface area is 146 Å². The summed E-state index contributed by atoms with van der Waals surface area (Å²) in [6.45, 7) is 2.06. The highest BCUT2D eigenvalue weighted by Crippen LogP contribution is 2.34. The van der Waals surface area contributed by atoms with Crippen LogP contribution in [-0.4, -0.2) is 33.6 Å². The van der Waals surface area contributed by atoms with Gasteiger partial charge in [-0.15, -0.1) is 0 Å². The third-order valence-electron chi connectivity index (χ3n) is 5.63. The smallest absolute Gasteiger partial charge is 0.252 e. The summed E-state index contributed by atoms with van der Waals surface area (Å²) in [5, 5.41) is 13.9. The zero-order valence-corrected chi connectivity index (χ0v) is 14.5. The fraction of sp³-hybridized carbons (Fsp3) is 0.526. The lowest BCUT2D eigenvalue weighted by Gasteiger charge is -2.30. The van der Waals surface area contributed by atoms with Gasteiger partial charge in [-0.2, -0.15) is 5.10 Å². The second-order valence-corrected chi connectivity index (χ2v) is 7.51. The van der Waals surface area contributed by atoms with Gasteiger partial charge in [0.1, 0.15) is 5.54 Å². The Morgan fingerprint density at radius 2 is 2.04 bits per heavy atom. The first-order valence-electron chi connectivity index (χ1n) is 9.14. The van der Waals surface area contributed by atoms with Crippen molar-refractivity contribution < 1.29 is 9.59 Å². The molecule has 1 aromatic heterocycles. The van der Waals surface area contributed by atoms with E-state index in [-0.39, 0.29) is 17.9 Å². The summed E-state index contributed by atoms with van der Waals surface area (Å²) < 4.78 is 0. The van der Waals surface area contributed by atoms with Gasteiger partial charge in [0.2, 0.25) is 5.91 Å². The zero-order valence-electron chi connectivity index (χ0n) is 14.5. The predicted molar refractivity (Wildman–Crippen MR) is 95.1 cm³/mol. The van der Waals surface area contributed by atoms with Crippen LogP contribution in [0, 0.1) is 5.92 Å². The SMILES string of the molecule is CC(NC(=O)C1(NC(=O)c2ccc3[nH]ncc3c2)CCCC1)C1CC1. The monoisotopic (exact) mass is 340 g/mol. The first kappa shape index (κ1) is 16.1. The molecule has 0 radical (unpaired) electrons. The first-order valence-corrected chi connectivity index (χ1v) is 9.14. The van der Waals surface area contributed by atoms with Crippen LogP contribution in [0.3, 0.4) is 0 Å². The molecule has 0 aliphatic heterocycles. The number of benzene rings is 1. The van der Waals surface area contributed by atoms with Crippen molar-refractivity contribution >= 4 is 22.7 Å². The van der Waals surface area contributed by atoms with E-state index in [0.717, 1.165) is 23.7 Å². The minimum Gasteiger partial charge on any atom is -0.351 e. The average Bonchev–Trinajstić information content (AvgIpc) is 3.16. The van der Waals surface area contributed by atoms with Crippen LogP contribution in [0.15, 0.2) is 24.4 Å². The van der Waals surface area contributed by atoms with E-state index in [2.05, 4.69) is 27.8 Å². The molecule has 1 aromatic carbocycles. The van der Waals surface area contributed by atoms with E-state index in [1.54, 1.807) is 12.3 Å². The average molecular weight is 340 g/mol. The van der Waals surface area contributed by atoms with E-state index in [0.29, 0.717) is 24.3 Å². The number of aromatic nitrogens is 2. The van der Waals surface area contributed by atoms with Gasteiger partial charge in [-0.1, -0.05) is 12.8 Å². The normalized spacial score (nSPS) is 20.4. The molecule has 3 N–H and O–H groups in total. The van der Waals surface area contributed by atoms with E-state index in [4.69, 9.17) is 0 Å². The molecule has 6 heteroatoms. The van der Waals surface area contributed by atoms with Crippen LogP contribution in [0.4, 0.5) is 0 Å². The molecule has 2 aliphatic rings. The molecule has 4 rings (SSSR count). The predicted octanol–water partition coefficient (Wildman–Crippen LogP) is 2.52. The first-order chi connectivity index (χ1) is 12.1. The number of carbonyl (C=O) groups excluding carboxylic acids is 2. The lowest BCUT2D eigenvalue weighted by Crippen LogP contribution is -2.58. The molecule has 6 nitrogen and oxygen atoms in total. The number of carbonyl (C=O) groups is 2. The van der Waals surface area contributed by atoms with Crippen molar-refractivity contribution in [1.29, 1.82) is 0 Å². The second-order valence-electron chi connectivity index (χ2n) is 7.51. The maximum absolute atomic E-state index is 12.9. The highest BCUT2D eigenvalue weighted by atomic mass is 16.2. The molecule has 0 bridgehead atoms. The lowest BCUT2D eigenvalue weighted by atomic mass is 9.94. The molecular weight excluding hydrogens is 316 g/mol. The Morgan fingerprint density at radius 3 is 2.76 bits per heavy atom. The summed E-state index contributed by atoms with van der Waals surface area (Å²) in [5.74, 6) is 0.378. The van der Waals surface area contributed by atoms with Crippen LogP contribution in [0.1, 0.15) is 55.8 Å². The van der Waals surface area contributed by atoms with Gasteiger partial charge in [-0.25, -0.2) is 0 Å². The van der Waals surface area contributed by atoms with Gasteiger partial charge < -0.3 is 10.6 Å². The van der Waals surface area contributed by atoms with Gasteiger partial charge in [-0.05, 0) is 56.7 Å². The number of nitrogens with one attached hydrogen (secondary N) is 3. The molecule has 25 heavy (non-hydrogen) atoms. The van der Waals surface area contributed by atoms with Gasteiger partial charge in [0.05, 0.1) is 11.7 Å². The molecule has 2 fully saturated rings. The molecule has 0 spiro atoms. The molecule has 132 valence electrons. The van der Waals surface area contributed by atoms with Crippen molar-refractivity contribution in [2.24, 2.45) is 5.92 Å². The van der Waals surface area contributed by atoms with Crippen LogP contribution in [-0.2, 0) is 4.79 Å². The molecule has 2 amide bonds. The van der Waals surface area contributed by atoms with Gasteiger partial charge in [0.15, 0.2) is 0 Å². The molecular formula is C19H24N4O2. The van der Waals surface area contributed by atoms with Crippen LogP contribution < -0.4 is 10.6 Å². The number of nitrogens with zero attached hydrogens (tertiary/aromatic N) is 1. The van der Waals surface area contributed by atoms with Crippen molar-refractivity contribution in [3.8, 4) is 0 Å². The van der Waals surface area contributed by atoms with E-state index in [1.165, 1.54) is 12.8 Å². The van der Waals surface area contributed by atoms with Crippen molar-refractivity contribution in [3.63, 3.8) is 0 Å². The van der Waals surface area contributed by atoms with E-state index in [1.807, 2.05) is 12.1 Å². The number of aromatic amines is 1. The molecule has 0 saturated heterocycles. The molecule has 1 heterocycles. The summed E-state index contributed by atoms with van der Waals surface area (Å²) >= 11 is 0. The fourth-order valence-corrected chi connectivity index (χ4v) is 3.82. The Balaban J connectivity index is 1.51. The summed E-state index contributed by atoms with van der Waals surface area (Å²) in [4.78, 5) is 25.7. The van der Waals surface area contributed by atoms with Gasteiger partial charge in [0.25, 0.3) is 5.91 Å². The third-order valence-corrected chi connectivity index (χ3v) is 5.63. The van der Waals surface area contributed by atoms with Gasteiger partial charge >= 0.3 is 0 Å². The maximum Gasteiger partial charge on any atom is 0.252 e. The molecule has 2 aliphatic carbocycles. The molecule has 1 unspecified atom stereocenters. The van der Waals surface area contributed by atoms with Crippen molar-refractivity contribution in [3.05, 3.63) is 30.0 Å². The number of amides is 2. The highest BCUT2D eigenvalue weighted by Gasteiger charge is 2.44. The minimum absolute atomic E-state index is 0.0258. The number of rotatable bonds is 5. The van der Waals surface area contributed by atoms with Crippen LogP contribution >= 0.6 is 0 Å². The number of fused-ring (bicyclic) bond motifs is 1.